The minimum atomic E-state index is -1.95. The van der Waals surface area contributed by atoms with Gasteiger partial charge < -0.3 is 89.7 Å². The number of rotatable bonds is 9. The van der Waals surface area contributed by atoms with Crippen molar-refractivity contribution in [2.24, 2.45) is 50.2 Å². The molecule has 0 aromatic rings. The van der Waals surface area contributed by atoms with Crippen LogP contribution in [0.25, 0.3) is 0 Å². The van der Waals surface area contributed by atoms with E-state index < -0.39 is 145 Å². The Balaban J connectivity index is 1.15. The van der Waals surface area contributed by atoms with Crippen molar-refractivity contribution in [3.8, 4) is 0 Å². The molecule has 5 aliphatic carbocycles. The van der Waals surface area contributed by atoms with Gasteiger partial charge in [0.15, 0.2) is 18.7 Å². The Bertz CT molecular complexity index is 1830. The van der Waals surface area contributed by atoms with Crippen molar-refractivity contribution >= 4 is 5.97 Å². The van der Waals surface area contributed by atoms with Gasteiger partial charge in [0.25, 0.3) is 0 Å². The molecule has 384 valence electrons. The minimum Gasteiger partial charge on any atom is -0.432 e. The number of aliphatic hydroxyl groups excluding tert-OH is 12. The predicted molar refractivity (Wildman–Crippen MR) is 232 cm³/mol. The van der Waals surface area contributed by atoms with Gasteiger partial charge in [-0.25, -0.2) is 0 Å². The summed E-state index contributed by atoms with van der Waals surface area (Å²) in [6.07, 6.45) is -19.9. The van der Waals surface area contributed by atoms with Crippen molar-refractivity contribution in [1.29, 1.82) is 0 Å². The van der Waals surface area contributed by atoms with Gasteiger partial charge in [0.1, 0.15) is 61.0 Å². The summed E-state index contributed by atoms with van der Waals surface area (Å²) in [6, 6.07) is 0. The van der Waals surface area contributed by atoms with Crippen LogP contribution < -0.4 is 0 Å². The van der Waals surface area contributed by atoms with Gasteiger partial charge in [-0.1, -0.05) is 53.2 Å². The van der Waals surface area contributed by atoms with Crippen molar-refractivity contribution in [3.63, 3.8) is 0 Å². The van der Waals surface area contributed by atoms with Gasteiger partial charge in [-0.3, -0.25) is 4.79 Å². The second-order valence-corrected chi connectivity index (χ2v) is 23.5. The molecule has 4 saturated carbocycles. The van der Waals surface area contributed by atoms with Crippen LogP contribution in [-0.2, 0) is 33.2 Å². The average molecular weight is 959 g/mol. The van der Waals surface area contributed by atoms with Crippen LogP contribution in [0.15, 0.2) is 11.6 Å². The Hall–Kier alpha value is -1.47. The van der Waals surface area contributed by atoms with Gasteiger partial charge in [0.2, 0.25) is 6.29 Å². The number of carbonyl (C=O) groups is 1. The maximum Gasteiger partial charge on any atom is 0.315 e. The molecule has 0 unspecified atom stereocenters. The lowest BCUT2D eigenvalue weighted by Gasteiger charge is -2.71. The van der Waals surface area contributed by atoms with Crippen LogP contribution >= 0.6 is 0 Å². The number of allylic oxidation sites excluding steroid dienone is 2. The molecule has 3 saturated heterocycles. The zero-order valence-corrected chi connectivity index (χ0v) is 39.8. The van der Waals surface area contributed by atoms with Crippen molar-refractivity contribution in [1.82, 2.24) is 0 Å². The lowest BCUT2D eigenvalue weighted by Crippen LogP contribution is -2.68. The van der Waals surface area contributed by atoms with E-state index in [1.807, 2.05) is 6.92 Å². The molecule has 0 aromatic heterocycles. The molecule has 3 aliphatic heterocycles. The molecule has 0 amide bonds. The molecule has 67 heavy (non-hydrogen) atoms. The number of fused-ring (bicyclic) bond motifs is 7. The summed E-state index contributed by atoms with van der Waals surface area (Å²) in [6.45, 7) is 12.7. The highest BCUT2D eigenvalue weighted by atomic mass is 16.8. The van der Waals surface area contributed by atoms with Gasteiger partial charge in [-0.2, -0.15) is 0 Å². The third-order valence-electron chi connectivity index (χ3n) is 19.4. The Kier molecular flexibility index (Phi) is 14.1. The molecule has 12 N–H and O–H groups in total. The fourth-order valence-corrected chi connectivity index (χ4v) is 15.0. The van der Waals surface area contributed by atoms with Gasteiger partial charge in [-0.05, 0) is 104 Å². The first kappa shape index (κ1) is 51.9. The number of aliphatic hydroxyl groups is 12. The van der Waals surface area contributed by atoms with Crippen LogP contribution in [0.5, 0.6) is 0 Å². The van der Waals surface area contributed by atoms with E-state index in [9.17, 15) is 61.3 Å². The smallest absolute Gasteiger partial charge is 0.315 e. The maximum absolute atomic E-state index is 15.5. The van der Waals surface area contributed by atoms with Crippen LogP contribution in [0.4, 0.5) is 0 Å². The lowest BCUT2D eigenvalue weighted by atomic mass is 9.33. The highest BCUT2D eigenvalue weighted by Gasteiger charge is 2.71. The summed E-state index contributed by atoms with van der Waals surface area (Å²) < 4.78 is 36.3. The Labute approximate surface area is 392 Å². The summed E-state index contributed by atoms with van der Waals surface area (Å²) in [7, 11) is 0. The third kappa shape index (κ3) is 8.01. The summed E-state index contributed by atoms with van der Waals surface area (Å²) in [4.78, 5) is 15.5. The first-order valence-corrected chi connectivity index (χ1v) is 24.4. The van der Waals surface area contributed by atoms with Crippen molar-refractivity contribution in [2.45, 2.75) is 211 Å². The van der Waals surface area contributed by atoms with E-state index >= 15 is 4.79 Å². The summed E-state index contributed by atoms with van der Waals surface area (Å²) >= 11 is 0. The topological polar surface area (TPSA) is 315 Å². The Morgan fingerprint density at radius 2 is 1.24 bits per heavy atom. The van der Waals surface area contributed by atoms with Crippen molar-refractivity contribution in [2.75, 3.05) is 19.8 Å². The molecule has 0 bridgehead atoms. The molecule has 25 atom stereocenters. The van der Waals surface area contributed by atoms with E-state index in [2.05, 4.69) is 40.7 Å². The van der Waals surface area contributed by atoms with E-state index in [1.165, 1.54) is 6.92 Å². The highest BCUT2D eigenvalue weighted by molar-refractivity contribution is 5.79. The molecule has 8 rings (SSSR count). The van der Waals surface area contributed by atoms with E-state index in [0.717, 1.165) is 18.4 Å². The quantitative estimate of drug-likeness (QED) is 0.0986. The van der Waals surface area contributed by atoms with Gasteiger partial charge in [-0.15, -0.1) is 0 Å². The Morgan fingerprint density at radius 1 is 0.657 bits per heavy atom. The van der Waals surface area contributed by atoms with E-state index in [-0.39, 0.29) is 35.2 Å². The van der Waals surface area contributed by atoms with Crippen molar-refractivity contribution < 1.29 is 94.5 Å². The molecule has 0 spiro atoms. The third-order valence-corrected chi connectivity index (χ3v) is 19.4. The van der Waals surface area contributed by atoms with Crippen LogP contribution in [0.3, 0.4) is 0 Å². The summed E-state index contributed by atoms with van der Waals surface area (Å²) in [5, 5.41) is 130. The van der Waals surface area contributed by atoms with E-state index in [0.29, 0.717) is 44.9 Å². The molecular weight excluding hydrogens is 881 g/mol. The number of ether oxygens (including phenoxy) is 6. The fourth-order valence-electron chi connectivity index (χ4n) is 15.0. The number of carbonyl (C=O) groups excluding carboxylic acids is 1. The molecule has 8 aliphatic rings. The van der Waals surface area contributed by atoms with Gasteiger partial charge in [0, 0.05) is 5.41 Å². The Morgan fingerprint density at radius 3 is 1.88 bits per heavy atom. The molecule has 0 aromatic carbocycles. The molecule has 19 heteroatoms. The second kappa shape index (κ2) is 18.2. The van der Waals surface area contributed by atoms with Crippen LogP contribution in [0.2, 0.25) is 0 Å². The first-order chi connectivity index (χ1) is 31.3. The molecule has 19 nitrogen and oxygen atoms in total. The van der Waals surface area contributed by atoms with Crippen LogP contribution in [0, 0.1) is 50.2 Å². The highest BCUT2D eigenvalue weighted by Crippen LogP contribution is 2.76. The van der Waals surface area contributed by atoms with E-state index in [1.54, 1.807) is 0 Å². The summed E-state index contributed by atoms with van der Waals surface area (Å²) in [5.74, 6) is -0.901. The predicted octanol–water partition coefficient (Wildman–Crippen LogP) is -0.889. The first-order valence-electron chi connectivity index (χ1n) is 24.4. The van der Waals surface area contributed by atoms with Gasteiger partial charge in [0.05, 0.1) is 43.5 Å². The molecule has 7 fully saturated rings. The minimum absolute atomic E-state index is 0.0385. The monoisotopic (exact) mass is 959 g/mol. The molecular formula is C48H78O19. The number of hydrogen-bond acceptors (Lipinski definition) is 19. The largest absolute Gasteiger partial charge is 0.432 e. The number of hydrogen-bond donors (Lipinski definition) is 12. The molecule has 3 heterocycles. The maximum atomic E-state index is 15.5. The lowest BCUT2D eigenvalue weighted by molar-refractivity contribution is -0.387. The van der Waals surface area contributed by atoms with Crippen LogP contribution in [-0.4, -0.2) is 191 Å². The van der Waals surface area contributed by atoms with E-state index in [4.69, 9.17) is 28.4 Å². The van der Waals surface area contributed by atoms with Crippen molar-refractivity contribution in [3.05, 3.63) is 11.6 Å². The van der Waals surface area contributed by atoms with Crippen LogP contribution in [0.1, 0.15) is 106 Å². The zero-order valence-electron chi connectivity index (χ0n) is 39.8. The molecule has 0 radical (unpaired) electrons. The average Bonchev–Trinajstić information content (AvgIpc) is 3.28. The summed E-state index contributed by atoms with van der Waals surface area (Å²) in [5.41, 5.74) is -2.11. The SMILES string of the molecule is C[C@@H]1O[C@@H](O[C@H]2[C@H](OC(=O)[C@]34CCC(C)(C)C[C@@H]3C3=CC[C@@H]5[C@@]6(C)C[C@H](O)[C@H](O)[C@@](C)(CO)[C@H]6CC[C@@]5(C)[C@]3(C)CC4)O[C@H](CO)[C@@H](O)[C@@H]2O[C@@H]2O[C@H](CO)[C@H](O)[C@H](O)[C@H]2O)[C@H](O)[C@H](O)[C@H]1O. The normalized spacial score (nSPS) is 55.2. The number of esters is 1. The zero-order chi connectivity index (χ0) is 49.1. The second-order valence-electron chi connectivity index (χ2n) is 23.5. The van der Waals surface area contributed by atoms with Gasteiger partial charge >= 0.3 is 5.97 Å². The standard InChI is InChI=1S/C48H78O19/c1-21-29(53)32(56)34(58)39(62-21)66-37-36(65-40-35(59)33(57)30(54)25(18-49)63-40)31(55)26(19-50)64-41(37)67-42(61)48-14-12-43(2,3)16-23(48)22-8-9-28-44(4)17-24(52)38(60)45(5,20-51)27(44)10-11-47(28,7)46(22,6)13-15-48/h8,21,23-41,49-60H,9-20H2,1-7H3/t21-,23+,24-,25+,26+,27-,28+,29-,30-,31+,32+,33-,34+,35+,36-,37+,38-,39-,40-,41-,44-,45-,46+,47+,48-/m0/s1. The fraction of sp³-hybridized carbons (Fsp3) is 0.938.